The van der Waals surface area contributed by atoms with Crippen LogP contribution in [-0.4, -0.2) is 10.2 Å². The molecule has 14 heavy (non-hydrogen) atoms. The lowest BCUT2D eigenvalue weighted by Gasteiger charge is -2.03. The van der Waals surface area contributed by atoms with Gasteiger partial charge in [-0.05, 0) is 28.7 Å². The molecule has 0 aliphatic carbocycles. The van der Waals surface area contributed by atoms with Gasteiger partial charge in [-0.3, -0.25) is 5.10 Å². The molecule has 0 aliphatic rings. The Bertz CT molecular complexity index is 436. The van der Waals surface area contributed by atoms with Crippen molar-refractivity contribution < 1.29 is 0 Å². The molecule has 0 saturated carbocycles. The number of benzene rings is 1. The Balaban J connectivity index is 2.54. The molecule has 0 radical (unpaired) electrons. The van der Waals surface area contributed by atoms with E-state index in [9.17, 15) is 0 Å². The van der Waals surface area contributed by atoms with Crippen molar-refractivity contribution in [2.24, 2.45) is 5.73 Å². The highest BCUT2D eigenvalue weighted by molar-refractivity contribution is 14.1. The topological polar surface area (TPSA) is 54.7 Å². The Morgan fingerprint density at radius 3 is 2.86 bits per heavy atom. The molecule has 0 bridgehead atoms. The summed E-state index contributed by atoms with van der Waals surface area (Å²) in [5, 5.41) is 6.98. The van der Waals surface area contributed by atoms with Crippen LogP contribution in [0.15, 0.2) is 30.5 Å². The fraction of sp³-hybridized carbons (Fsp3) is 0.100. The number of halogens is 1. The Hall–Kier alpha value is -0.880. The molecule has 0 spiro atoms. The van der Waals surface area contributed by atoms with Crippen LogP contribution in [0.1, 0.15) is 5.56 Å². The number of aromatic amines is 1. The first kappa shape index (κ1) is 9.67. The van der Waals surface area contributed by atoms with Crippen LogP contribution in [0, 0.1) is 3.57 Å². The van der Waals surface area contributed by atoms with Crippen LogP contribution in [0.3, 0.4) is 0 Å². The van der Waals surface area contributed by atoms with Gasteiger partial charge in [0.25, 0.3) is 0 Å². The highest BCUT2D eigenvalue weighted by Gasteiger charge is 2.08. The first-order valence-corrected chi connectivity index (χ1v) is 5.38. The van der Waals surface area contributed by atoms with E-state index >= 15 is 0 Å². The van der Waals surface area contributed by atoms with E-state index in [-0.39, 0.29) is 0 Å². The van der Waals surface area contributed by atoms with E-state index in [1.165, 1.54) is 3.57 Å². The number of H-pyrrole nitrogens is 1. The normalized spacial score (nSPS) is 10.4. The minimum atomic E-state index is 0.511. The van der Waals surface area contributed by atoms with Crippen molar-refractivity contribution in [3.05, 3.63) is 39.6 Å². The largest absolute Gasteiger partial charge is 0.326 e. The maximum atomic E-state index is 5.62. The summed E-state index contributed by atoms with van der Waals surface area (Å²) in [6.45, 7) is 0.511. The smallest absolute Gasteiger partial charge is 0.0705 e. The Morgan fingerprint density at radius 1 is 1.36 bits per heavy atom. The first-order valence-electron chi connectivity index (χ1n) is 4.30. The Labute approximate surface area is 95.9 Å². The molecular weight excluding hydrogens is 289 g/mol. The van der Waals surface area contributed by atoms with Crippen LogP contribution in [0.5, 0.6) is 0 Å². The molecule has 2 aromatic rings. The molecule has 0 unspecified atom stereocenters. The monoisotopic (exact) mass is 299 g/mol. The lowest BCUT2D eigenvalue weighted by molar-refractivity contribution is 1.08. The van der Waals surface area contributed by atoms with E-state index in [0.29, 0.717) is 6.54 Å². The molecule has 1 heterocycles. The average Bonchev–Trinajstić information content (AvgIpc) is 2.66. The summed E-state index contributed by atoms with van der Waals surface area (Å²) in [4.78, 5) is 0. The highest BCUT2D eigenvalue weighted by Crippen LogP contribution is 2.25. The number of hydrogen-bond acceptors (Lipinski definition) is 2. The van der Waals surface area contributed by atoms with E-state index in [1.807, 2.05) is 12.1 Å². The number of nitrogens with zero attached hydrogens (tertiary/aromatic N) is 1. The zero-order chi connectivity index (χ0) is 9.97. The van der Waals surface area contributed by atoms with Gasteiger partial charge in [-0.1, -0.05) is 18.2 Å². The van der Waals surface area contributed by atoms with E-state index in [1.54, 1.807) is 6.20 Å². The number of rotatable bonds is 2. The lowest BCUT2D eigenvalue weighted by Crippen LogP contribution is -1.97. The van der Waals surface area contributed by atoms with Gasteiger partial charge in [0.1, 0.15) is 0 Å². The summed E-state index contributed by atoms with van der Waals surface area (Å²) in [6.07, 6.45) is 1.78. The number of nitrogens with one attached hydrogen (secondary N) is 1. The summed E-state index contributed by atoms with van der Waals surface area (Å²) < 4.78 is 1.20. The van der Waals surface area contributed by atoms with Crippen molar-refractivity contribution >= 4 is 22.6 Å². The molecule has 72 valence electrons. The predicted molar refractivity (Wildman–Crippen MR) is 64.6 cm³/mol. The highest BCUT2D eigenvalue weighted by atomic mass is 127. The van der Waals surface area contributed by atoms with E-state index in [2.05, 4.69) is 44.9 Å². The van der Waals surface area contributed by atoms with Gasteiger partial charge in [0, 0.05) is 21.2 Å². The SMILES string of the molecule is NCc1cn[nH]c1-c1ccccc1I. The molecule has 4 heteroatoms. The van der Waals surface area contributed by atoms with Crippen molar-refractivity contribution in [1.29, 1.82) is 0 Å². The fourth-order valence-corrected chi connectivity index (χ4v) is 2.02. The van der Waals surface area contributed by atoms with Gasteiger partial charge in [-0.25, -0.2) is 0 Å². The molecule has 1 aromatic carbocycles. The van der Waals surface area contributed by atoms with Crippen LogP contribution in [0.25, 0.3) is 11.3 Å². The molecular formula is C10H10IN3. The van der Waals surface area contributed by atoms with E-state index in [4.69, 9.17) is 5.73 Å². The maximum Gasteiger partial charge on any atom is 0.0705 e. The molecule has 0 aliphatic heterocycles. The summed E-state index contributed by atoms with van der Waals surface area (Å²) in [7, 11) is 0. The molecule has 0 saturated heterocycles. The molecule has 0 amide bonds. The minimum Gasteiger partial charge on any atom is -0.326 e. The summed E-state index contributed by atoms with van der Waals surface area (Å²) in [5.41, 5.74) is 8.85. The third kappa shape index (κ3) is 1.67. The summed E-state index contributed by atoms with van der Waals surface area (Å²) in [5.74, 6) is 0. The van der Waals surface area contributed by atoms with E-state index < -0.39 is 0 Å². The van der Waals surface area contributed by atoms with Gasteiger partial charge >= 0.3 is 0 Å². The van der Waals surface area contributed by atoms with Crippen molar-refractivity contribution in [3.8, 4) is 11.3 Å². The van der Waals surface area contributed by atoms with Crippen molar-refractivity contribution in [1.82, 2.24) is 10.2 Å². The molecule has 3 nitrogen and oxygen atoms in total. The van der Waals surface area contributed by atoms with Crippen molar-refractivity contribution in [2.45, 2.75) is 6.54 Å². The second-order valence-electron chi connectivity index (χ2n) is 2.95. The van der Waals surface area contributed by atoms with Crippen LogP contribution in [0.4, 0.5) is 0 Å². The minimum absolute atomic E-state index is 0.511. The zero-order valence-electron chi connectivity index (χ0n) is 7.50. The number of aromatic nitrogens is 2. The van der Waals surface area contributed by atoms with Gasteiger partial charge in [-0.15, -0.1) is 0 Å². The van der Waals surface area contributed by atoms with Crippen LogP contribution in [0.2, 0.25) is 0 Å². The third-order valence-electron chi connectivity index (χ3n) is 2.08. The molecule has 3 N–H and O–H groups in total. The molecule has 1 aromatic heterocycles. The standard InChI is InChI=1S/C10H10IN3/c11-9-4-2-1-3-8(9)10-7(5-12)6-13-14-10/h1-4,6H,5,12H2,(H,13,14). The second kappa shape index (κ2) is 4.10. The Morgan fingerprint density at radius 2 is 2.14 bits per heavy atom. The van der Waals surface area contributed by atoms with Crippen molar-refractivity contribution in [2.75, 3.05) is 0 Å². The van der Waals surface area contributed by atoms with Gasteiger partial charge in [0.05, 0.1) is 11.9 Å². The zero-order valence-corrected chi connectivity index (χ0v) is 9.65. The van der Waals surface area contributed by atoms with Gasteiger partial charge < -0.3 is 5.73 Å². The second-order valence-corrected chi connectivity index (χ2v) is 4.12. The maximum absolute atomic E-state index is 5.62. The summed E-state index contributed by atoms with van der Waals surface area (Å²) >= 11 is 2.31. The third-order valence-corrected chi connectivity index (χ3v) is 3.02. The van der Waals surface area contributed by atoms with Gasteiger partial charge in [0.15, 0.2) is 0 Å². The quantitative estimate of drug-likeness (QED) is 0.835. The van der Waals surface area contributed by atoms with Gasteiger partial charge in [-0.2, -0.15) is 5.10 Å². The van der Waals surface area contributed by atoms with Crippen LogP contribution < -0.4 is 5.73 Å². The predicted octanol–water partition coefficient (Wildman–Crippen LogP) is 2.14. The lowest BCUT2D eigenvalue weighted by atomic mass is 10.1. The average molecular weight is 299 g/mol. The summed E-state index contributed by atoms with van der Waals surface area (Å²) in [6, 6.07) is 8.16. The number of hydrogen-bond donors (Lipinski definition) is 2. The molecule has 0 fully saturated rings. The van der Waals surface area contributed by atoms with Gasteiger partial charge in [0.2, 0.25) is 0 Å². The van der Waals surface area contributed by atoms with E-state index in [0.717, 1.165) is 16.8 Å². The number of nitrogens with two attached hydrogens (primary N) is 1. The molecule has 2 rings (SSSR count). The fourth-order valence-electron chi connectivity index (χ4n) is 1.36. The molecule has 0 atom stereocenters. The first-order chi connectivity index (χ1) is 6.83. The Kier molecular flexibility index (Phi) is 2.83. The van der Waals surface area contributed by atoms with Crippen molar-refractivity contribution in [3.63, 3.8) is 0 Å². The van der Waals surface area contributed by atoms with Crippen LogP contribution in [-0.2, 0) is 6.54 Å². The van der Waals surface area contributed by atoms with Crippen LogP contribution >= 0.6 is 22.6 Å².